The first-order valence-corrected chi connectivity index (χ1v) is 11.8. The highest BCUT2D eigenvalue weighted by molar-refractivity contribution is 5.96. The molecule has 7 nitrogen and oxygen atoms in total. The molecule has 0 N–H and O–H groups in total. The van der Waals surface area contributed by atoms with E-state index in [1.54, 1.807) is 4.90 Å². The second kappa shape index (κ2) is 10.6. The lowest BCUT2D eigenvalue weighted by molar-refractivity contribution is -0.141. The third-order valence-corrected chi connectivity index (χ3v) is 6.17. The Hall–Kier alpha value is -3.56. The molecule has 0 saturated carbocycles. The molecule has 1 aliphatic heterocycles. The summed E-state index contributed by atoms with van der Waals surface area (Å²) in [5.74, 6) is 0.140. The number of alkyl halides is 3. The Bertz CT molecular complexity index is 1270. The first kappa shape index (κ1) is 25.5. The molecule has 1 aromatic heterocycles. The standard InChI is InChI=1S/C26H27F3N2O5/c1-3-5-18-21(10-8-19-24(18)36-30-25(19)26(27,28)29)35-13-4-12-31-20-9-6-16(15-23(33)34-2)14-17(20)7-11-22(31)32/h6,8-10,14H,3-5,7,11-13,15H2,1-2H3. The molecule has 0 saturated heterocycles. The van der Waals surface area contributed by atoms with E-state index in [1.165, 1.54) is 19.2 Å². The molecule has 3 aromatic rings. The maximum atomic E-state index is 13.2. The Morgan fingerprint density at radius 2 is 2.00 bits per heavy atom. The van der Waals surface area contributed by atoms with Gasteiger partial charge >= 0.3 is 12.1 Å². The predicted molar refractivity (Wildman–Crippen MR) is 126 cm³/mol. The predicted octanol–water partition coefficient (Wildman–Crippen LogP) is 5.26. The second-order valence-electron chi connectivity index (χ2n) is 8.66. The van der Waals surface area contributed by atoms with E-state index in [-0.39, 0.29) is 35.9 Å². The number of hydrogen-bond acceptors (Lipinski definition) is 6. The molecule has 192 valence electrons. The number of hydrogen-bond donors (Lipinski definition) is 0. The van der Waals surface area contributed by atoms with Crippen LogP contribution in [0, 0.1) is 0 Å². The number of rotatable bonds is 9. The third kappa shape index (κ3) is 5.32. The fourth-order valence-electron chi connectivity index (χ4n) is 4.48. The zero-order chi connectivity index (χ0) is 25.9. The van der Waals surface area contributed by atoms with Gasteiger partial charge in [0, 0.05) is 24.2 Å². The van der Waals surface area contributed by atoms with E-state index in [4.69, 9.17) is 14.0 Å². The van der Waals surface area contributed by atoms with Crippen LogP contribution in [0.2, 0.25) is 0 Å². The quantitative estimate of drug-likeness (QED) is 0.292. The molecule has 0 unspecified atom stereocenters. The zero-order valence-electron chi connectivity index (χ0n) is 20.1. The molecule has 0 radical (unpaired) electrons. The van der Waals surface area contributed by atoms with E-state index in [2.05, 4.69) is 5.16 Å². The van der Waals surface area contributed by atoms with E-state index in [0.29, 0.717) is 50.0 Å². The summed E-state index contributed by atoms with van der Waals surface area (Å²) in [6.07, 6.45) is -1.77. The third-order valence-electron chi connectivity index (χ3n) is 6.17. The second-order valence-corrected chi connectivity index (χ2v) is 8.66. The summed E-state index contributed by atoms with van der Waals surface area (Å²) < 4.78 is 55.4. The molecule has 10 heteroatoms. The fourth-order valence-corrected chi connectivity index (χ4v) is 4.48. The number of fused-ring (bicyclic) bond motifs is 2. The van der Waals surface area contributed by atoms with Gasteiger partial charge in [0.1, 0.15) is 5.75 Å². The molecule has 0 fully saturated rings. The molecular weight excluding hydrogens is 477 g/mol. The zero-order valence-corrected chi connectivity index (χ0v) is 20.1. The Kier molecular flexibility index (Phi) is 7.51. The van der Waals surface area contributed by atoms with Crippen molar-refractivity contribution < 1.29 is 36.8 Å². The van der Waals surface area contributed by atoms with Crippen LogP contribution in [0.5, 0.6) is 5.75 Å². The molecule has 2 aromatic carbocycles. The minimum atomic E-state index is -4.60. The minimum absolute atomic E-state index is 0.0117. The van der Waals surface area contributed by atoms with Gasteiger partial charge in [-0.15, -0.1) is 0 Å². The number of benzene rings is 2. The van der Waals surface area contributed by atoms with Crippen LogP contribution in [-0.2, 0) is 39.8 Å². The number of carbonyl (C=O) groups excluding carboxylic acids is 2. The van der Waals surface area contributed by atoms with Crippen LogP contribution in [0.15, 0.2) is 34.9 Å². The largest absolute Gasteiger partial charge is 0.493 e. The number of aryl methyl sites for hydroxylation is 2. The lowest BCUT2D eigenvalue weighted by Gasteiger charge is -2.30. The van der Waals surface area contributed by atoms with Crippen molar-refractivity contribution in [2.45, 2.75) is 51.6 Å². The van der Waals surface area contributed by atoms with Crippen molar-refractivity contribution in [2.75, 3.05) is 25.2 Å². The smallest absolute Gasteiger partial charge is 0.437 e. The molecule has 36 heavy (non-hydrogen) atoms. The number of nitrogens with zero attached hydrogens (tertiary/aromatic N) is 2. The minimum Gasteiger partial charge on any atom is -0.493 e. The summed E-state index contributed by atoms with van der Waals surface area (Å²) >= 11 is 0. The molecule has 1 amide bonds. The van der Waals surface area contributed by atoms with Crippen LogP contribution < -0.4 is 9.64 Å². The number of ether oxygens (including phenoxy) is 2. The molecule has 0 spiro atoms. The molecule has 2 heterocycles. The summed E-state index contributed by atoms with van der Waals surface area (Å²) in [6.45, 7) is 2.61. The summed E-state index contributed by atoms with van der Waals surface area (Å²) in [4.78, 5) is 25.9. The normalized spacial score (nSPS) is 13.7. The Balaban J connectivity index is 1.44. The lowest BCUT2D eigenvalue weighted by Crippen LogP contribution is -2.36. The average Bonchev–Trinajstić information content (AvgIpc) is 3.29. The van der Waals surface area contributed by atoms with E-state index in [0.717, 1.165) is 16.8 Å². The topological polar surface area (TPSA) is 81.9 Å². The van der Waals surface area contributed by atoms with Crippen LogP contribution in [0.1, 0.15) is 48.6 Å². The summed E-state index contributed by atoms with van der Waals surface area (Å²) in [6, 6.07) is 8.43. The SMILES string of the molecule is CCCc1c(OCCCN2C(=O)CCc3cc(CC(=O)OC)ccc32)ccc2c(C(F)(F)F)noc12. The monoisotopic (exact) mass is 504 g/mol. The van der Waals surface area contributed by atoms with E-state index in [9.17, 15) is 22.8 Å². The number of anilines is 1. The average molecular weight is 505 g/mol. The van der Waals surface area contributed by atoms with Gasteiger partial charge in [-0.25, -0.2) is 0 Å². The highest BCUT2D eigenvalue weighted by Crippen LogP contribution is 2.38. The number of esters is 1. The van der Waals surface area contributed by atoms with Crippen molar-refractivity contribution >= 4 is 28.5 Å². The van der Waals surface area contributed by atoms with Gasteiger partial charge in [-0.1, -0.05) is 30.6 Å². The number of methoxy groups -OCH3 is 1. The number of carbonyl (C=O) groups is 2. The van der Waals surface area contributed by atoms with E-state index >= 15 is 0 Å². The molecule has 1 aliphatic rings. The van der Waals surface area contributed by atoms with Crippen molar-refractivity contribution in [3.63, 3.8) is 0 Å². The van der Waals surface area contributed by atoms with Crippen molar-refractivity contribution in [3.8, 4) is 5.75 Å². The van der Waals surface area contributed by atoms with Gasteiger partial charge in [0.05, 0.1) is 25.5 Å². The number of aromatic nitrogens is 1. The van der Waals surface area contributed by atoms with Crippen LogP contribution >= 0.6 is 0 Å². The van der Waals surface area contributed by atoms with Gasteiger partial charge in [0.2, 0.25) is 5.91 Å². The Labute approximate surface area is 206 Å². The van der Waals surface area contributed by atoms with Crippen LogP contribution in [0.4, 0.5) is 18.9 Å². The van der Waals surface area contributed by atoms with Crippen molar-refractivity contribution in [3.05, 3.63) is 52.7 Å². The first-order valence-electron chi connectivity index (χ1n) is 11.8. The number of amides is 1. The van der Waals surface area contributed by atoms with E-state index < -0.39 is 11.9 Å². The Morgan fingerprint density at radius 1 is 1.19 bits per heavy atom. The Morgan fingerprint density at radius 3 is 2.72 bits per heavy atom. The van der Waals surface area contributed by atoms with Crippen LogP contribution in [-0.4, -0.2) is 37.3 Å². The fraction of sp³-hybridized carbons (Fsp3) is 0.423. The van der Waals surface area contributed by atoms with E-state index in [1.807, 2.05) is 25.1 Å². The molecule has 4 rings (SSSR count). The first-order chi connectivity index (χ1) is 17.2. The molecular formula is C26H27F3N2O5. The van der Waals surface area contributed by atoms with Gasteiger partial charge in [-0.3, -0.25) is 9.59 Å². The summed E-state index contributed by atoms with van der Waals surface area (Å²) in [5.41, 5.74) is 2.24. The lowest BCUT2D eigenvalue weighted by atomic mass is 9.97. The van der Waals surface area contributed by atoms with Gasteiger partial charge in [-0.05, 0) is 48.6 Å². The summed E-state index contributed by atoms with van der Waals surface area (Å²) in [7, 11) is 1.35. The molecule has 0 atom stereocenters. The highest BCUT2D eigenvalue weighted by Gasteiger charge is 2.37. The molecule has 0 bridgehead atoms. The van der Waals surface area contributed by atoms with Gasteiger partial charge in [0.15, 0.2) is 11.3 Å². The van der Waals surface area contributed by atoms with Crippen molar-refractivity contribution in [2.24, 2.45) is 0 Å². The van der Waals surface area contributed by atoms with Gasteiger partial charge < -0.3 is 18.9 Å². The van der Waals surface area contributed by atoms with Crippen molar-refractivity contribution in [1.29, 1.82) is 0 Å². The van der Waals surface area contributed by atoms with Gasteiger partial charge in [0.25, 0.3) is 0 Å². The van der Waals surface area contributed by atoms with Crippen LogP contribution in [0.25, 0.3) is 11.0 Å². The molecule has 0 aliphatic carbocycles. The maximum Gasteiger partial charge on any atom is 0.437 e. The van der Waals surface area contributed by atoms with Gasteiger partial charge in [-0.2, -0.15) is 13.2 Å². The highest BCUT2D eigenvalue weighted by atomic mass is 19.4. The van der Waals surface area contributed by atoms with Crippen LogP contribution in [0.3, 0.4) is 0 Å². The maximum absolute atomic E-state index is 13.2. The number of halogens is 3. The van der Waals surface area contributed by atoms with Crippen molar-refractivity contribution in [1.82, 2.24) is 5.16 Å². The summed E-state index contributed by atoms with van der Waals surface area (Å²) in [5, 5.41) is 3.16.